The molecule has 0 bridgehead atoms. The summed E-state index contributed by atoms with van der Waals surface area (Å²) in [7, 11) is 1.58. The third kappa shape index (κ3) is 4.38. The van der Waals surface area contributed by atoms with Gasteiger partial charge in [-0.25, -0.2) is 4.68 Å². The van der Waals surface area contributed by atoms with E-state index in [0.29, 0.717) is 27.9 Å². The van der Waals surface area contributed by atoms with E-state index in [4.69, 9.17) is 15.0 Å². The van der Waals surface area contributed by atoms with E-state index in [1.807, 2.05) is 36.6 Å². The SMILES string of the molecule is COc1ccc(NC(=O)Cn2nc(SC)c(-c3nc(-c4ccccc4)no3)c2N)cc1. The molecule has 0 unspecified atom stereocenters. The van der Waals surface area contributed by atoms with Crippen LogP contribution in [0.25, 0.3) is 22.8 Å². The van der Waals surface area contributed by atoms with Crippen molar-refractivity contribution in [1.29, 1.82) is 0 Å². The maximum Gasteiger partial charge on any atom is 0.264 e. The van der Waals surface area contributed by atoms with E-state index in [0.717, 1.165) is 5.56 Å². The van der Waals surface area contributed by atoms with Gasteiger partial charge in [-0.1, -0.05) is 35.5 Å². The molecule has 2 aromatic heterocycles. The van der Waals surface area contributed by atoms with Gasteiger partial charge >= 0.3 is 0 Å². The molecule has 0 fully saturated rings. The number of amides is 1. The molecule has 2 aromatic carbocycles. The minimum absolute atomic E-state index is 0.0644. The number of ether oxygens (including phenoxy) is 1. The van der Waals surface area contributed by atoms with E-state index in [-0.39, 0.29) is 24.2 Å². The molecule has 0 atom stereocenters. The third-order valence-electron chi connectivity index (χ3n) is 4.49. The number of nitrogens with zero attached hydrogens (tertiary/aromatic N) is 4. The molecule has 3 N–H and O–H groups in total. The molecule has 10 heteroatoms. The first-order chi connectivity index (χ1) is 15.1. The Kier molecular flexibility index (Phi) is 5.89. The fourth-order valence-electron chi connectivity index (χ4n) is 2.96. The number of anilines is 2. The summed E-state index contributed by atoms with van der Waals surface area (Å²) in [5.41, 5.74) is 8.29. The molecule has 1 amide bonds. The van der Waals surface area contributed by atoms with E-state index in [1.165, 1.54) is 16.4 Å². The molecule has 0 aliphatic rings. The summed E-state index contributed by atoms with van der Waals surface area (Å²) in [4.78, 5) is 17.0. The molecule has 0 aliphatic heterocycles. The van der Waals surface area contributed by atoms with Gasteiger partial charge in [0, 0.05) is 11.3 Å². The number of rotatable bonds is 7. The van der Waals surface area contributed by atoms with Crippen LogP contribution < -0.4 is 15.8 Å². The van der Waals surface area contributed by atoms with Crippen molar-refractivity contribution in [3.8, 4) is 28.6 Å². The number of nitrogens with two attached hydrogens (primary N) is 1. The molecule has 2 heterocycles. The molecule has 0 saturated carbocycles. The second kappa shape index (κ2) is 8.92. The van der Waals surface area contributed by atoms with Gasteiger partial charge in [-0.3, -0.25) is 4.79 Å². The molecular weight excluding hydrogens is 416 g/mol. The quantitative estimate of drug-likeness (QED) is 0.422. The van der Waals surface area contributed by atoms with Gasteiger partial charge in [0.1, 0.15) is 28.7 Å². The van der Waals surface area contributed by atoms with E-state index >= 15 is 0 Å². The van der Waals surface area contributed by atoms with Gasteiger partial charge < -0.3 is 20.3 Å². The van der Waals surface area contributed by atoms with Crippen molar-refractivity contribution in [3.63, 3.8) is 0 Å². The number of carbonyl (C=O) groups is 1. The highest BCUT2D eigenvalue weighted by Crippen LogP contribution is 2.34. The number of hydrogen-bond acceptors (Lipinski definition) is 8. The molecule has 0 saturated heterocycles. The van der Waals surface area contributed by atoms with Gasteiger partial charge in [-0.05, 0) is 30.5 Å². The van der Waals surface area contributed by atoms with Crippen LogP contribution in [-0.2, 0) is 11.3 Å². The van der Waals surface area contributed by atoms with Gasteiger partial charge in [0.15, 0.2) is 0 Å². The summed E-state index contributed by atoms with van der Waals surface area (Å²) in [5.74, 6) is 1.42. The fourth-order valence-corrected chi connectivity index (χ4v) is 3.53. The van der Waals surface area contributed by atoms with Crippen LogP contribution in [0.4, 0.5) is 11.5 Å². The summed E-state index contributed by atoms with van der Waals surface area (Å²) >= 11 is 1.38. The number of hydrogen-bond donors (Lipinski definition) is 2. The topological polar surface area (TPSA) is 121 Å². The smallest absolute Gasteiger partial charge is 0.264 e. The third-order valence-corrected chi connectivity index (χ3v) is 5.16. The lowest BCUT2D eigenvalue weighted by atomic mass is 10.2. The van der Waals surface area contributed by atoms with Gasteiger partial charge in [0.25, 0.3) is 5.89 Å². The number of nitrogen functional groups attached to an aromatic ring is 1. The second-order valence-electron chi connectivity index (χ2n) is 6.49. The highest BCUT2D eigenvalue weighted by molar-refractivity contribution is 7.98. The Labute approximate surface area is 182 Å². The first kappa shape index (κ1) is 20.5. The summed E-state index contributed by atoms with van der Waals surface area (Å²) in [6.45, 7) is -0.0644. The lowest BCUT2D eigenvalue weighted by Crippen LogP contribution is -2.20. The number of nitrogens with one attached hydrogen (secondary N) is 1. The van der Waals surface area contributed by atoms with E-state index in [2.05, 4.69) is 20.6 Å². The average molecular weight is 436 g/mol. The number of carbonyl (C=O) groups excluding carboxylic acids is 1. The lowest BCUT2D eigenvalue weighted by molar-refractivity contribution is -0.116. The Morgan fingerprint density at radius 3 is 2.61 bits per heavy atom. The Morgan fingerprint density at radius 2 is 1.94 bits per heavy atom. The van der Waals surface area contributed by atoms with Crippen LogP contribution in [0, 0.1) is 0 Å². The lowest BCUT2D eigenvalue weighted by Gasteiger charge is -2.07. The molecule has 0 radical (unpaired) electrons. The predicted octanol–water partition coefficient (Wildman–Crippen LogP) is 3.55. The number of thioether (sulfide) groups is 1. The molecule has 4 rings (SSSR count). The fraction of sp³-hybridized carbons (Fsp3) is 0.143. The highest BCUT2D eigenvalue weighted by atomic mass is 32.2. The largest absolute Gasteiger partial charge is 0.497 e. The summed E-state index contributed by atoms with van der Waals surface area (Å²) in [6.07, 6.45) is 1.86. The molecular formula is C21H20N6O3S. The molecule has 4 aromatic rings. The van der Waals surface area contributed by atoms with Crippen LogP contribution in [-0.4, -0.2) is 39.2 Å². The van der Waals surface area contributed by atoms with E-state index in [9.17, 15) is 4.79 Å². The standard InChI is InChI=1S/C21H20N6O3S/c1-29-15-10-8-14(9-11-15)23-16(28)12-27-18(22)17(21(25-27)31-2)20-24-19(26-30-20)13-6-4-3-5-7-13/h3-11H,12,22H2,1-2H3,(H,23,28). The van der Waals surface area contributed by atoms with Gasteiger partial charge in [0.2, 0.25) is 11.7 Å². The van der Waals surface area contributed by atoms with E-state index < -0.39 is 0 Å². The Balaban J connectivity index is 1.55. The van der Waals surface area contributed by atoms with Crippen molar-refractivity contribution >= 4 is 29.2 Å². The molecule has 158 valence electrons. The van der Waals surface area contributed by atoms with Gasteiger partial charge in [-0.2, -0.15) is 10.1 Å². The molecule has 9 nitrogen and oxygen atoms in total. The molecule has 31 heavy (non-hydrogen) atoms. The maximum atomic E-state index is 12.5. The monoisotopic (exact) mass is 436 g/mol. The summed E-state index contributed by atoms with van der Waals surface area (Å²) in [5, 5.41) is 11.9. The maximum absolute atomic E-state index is 12.5. The first-order valence-electron chi connectivity index (χ1n) is 9.32. The van der Waals surface area contributed by atoms with Gasteiger partial charge in [0.05, 0.1) is 7.11 Å². The molecule has 0 aliphatic carbocycles. The number of benzene rings is 2. The highest BCUT2D eigenvalue weighted by Gasteiger charge is 2.23. The van der Waals surface area contributed by atoms with Crippen LogP contribution in [0.15, 0.2) is 64.1 Å². The first-order valence-corrected chi connectivity index (χ1v) is 10.5. The van der Waals surface area contributed by atoms with Crippen molar-refractivity contribution < 1.29 is 14.1 Å². The van der Waals surface area contributed by atoms with Gasteiger partial charge in [-0.15, -0.1) is 11.8 Å². The zero-order chi connectivity index (χ0) is 21.8. The van der Waals surface area contributed by atoms with Crippen molar-refractivity contribution in [1.82, 2.24) is 19.9 Å². The van der Waals surface area contributed by atoms with Crippen LogP contribution >= 0.6 is 11.8 Å². The zero-order valence-corrected chi connectivity index (χ0v) is 17.7. The second-order valence-corrected chi connectivity index (χ2v) is 7.29. The number of aromatic nitrogens is 4. The number of methoxy groups -OCH3 is 1. The summed E-state index contributed by atoms with van der Waals surface area (Å²) in [6, 6.07) is 16.5. The normalized spacial score (nSPS) is 10.8. The predicted molar refractivity (Wildman–Crippen MR) is 119 cm³/mol. The van der Waals surface area contributed by atoms with Crippen molar-refractivity contribution in [2.75, 3.05) is 24.4 Å². The van der Waals surface area contributed by atoms with E-state index in [1.54, 1.807) is 31.4 Å². The van der Waals surface area contributed by atoms with Crippen LogP contribution in [0.3, 0.4) is 0 Å². The Bertz CT molecular complexity index is 1190. The average Bonchev–Trinajstić information content (AvgIpc) is 3.39. The van der Waals surface area contributed by atoms with Crippen LogP contribution in [0.1, 0.15) is 0 Å². The zero-order valence-electron chi connectivity index (χ0n) is 16.9. The van der Waals surface area contributed by atoms with Crippen molar-refractivity contribution in [2.24, 2.45) is 0 Å². The minimum atomic E-state index is -0.269. The Morgan fingerprint density at radius 1 is 1.19 bits per heavy atom. The van der Waals surface area contributed by atoms with Crippen molar-refractivity contribution in [3.05, 3.63) is 54.6 Å². The minimum Gasteiger partial charge on any atom is -0.497 e. The van der Waals surface area contributed by atoms with Crippen molar-refractivity contribution in [2.45, 2.75) is 11.6 Å². The Hall–Kier alpha value is -3.79. The molecule has 0 spiro atoms. The van der Waals surface area contributed by atoms with Crippen LogP contribution in [0.2, 0.25) is 0 Å². The van der Waals surface area contributed by atoms with Crippen LogP contribution in [0.5, 0.6) is 5.75 Å². The summed E-state index contributed by atoms with van der Waals surface area (Å²) < 4.78 is 12.0.